The average Bonchev–Trinajstić information content (AvgIpc) is 2.40. The minimum absolute atomic E-state index is 0.0370. The van der Waals surface area contributed by atoms with Crippen LogP contribution in [0.15, 0.2) is 11.3 Å². The summed E-state index contributed by atoms with van der Waals surface area (Å²) in [6.45, 7) is 0.401. The van der Waals surface area contributed by atoms with Crippen LogP contribution in [-0.4, -0.2) is 28.6 Å². The van der Waals surface area contributed by atoms with Crippen molar-refractivity contribution in [2.24, 2.45) is 4.99 Å². The van der Waals surface area contributed by atoms with Crippen LogP contribution in [0.25, 0.3) is 0 Å². The summed E-state index contributed by atoms with van der Waals surface area (Å²) in [5.74, 6) is 0.527. The Morgan fingerprint density at radius 3 is 3.45 bits per heavy atom. The molecule has 3 N–H and O–H groups in total. The molecule has 0 aromatic carbocycles. The molecule has 0 atom stereocenters. The second-order valence-corrected chi connectivity index (χ2v) is 2.24. The van der Waals surface area contributed by atoms with Gasteiger partial charge in [-0.25, -0.2) is 4.98 Å². The van der Waals surface area contributed by atoms with Gasteiger partial charge in [-0.05, 0) is 0 Å². The molecule has 2 rings (SSSR count). The fourth-order valence-corrected chi connectivity index (χ4v) is 0.975. The molecule has 1 aromatic heterocycles. The van der Waals surface area contributed by atoms with E-state index in [-0.39, 0.29) is 5.78 Å². The molecule has 11 heavy (non-hydrogen) atoms. The van der Waals surface area contributed by atoms with Gasteiger partial charge in [-0.1, -0.05) is 0 Å². The van der Waals surface area contributed by atoms with Crippen molar-refractivity contribution in [3.8, 4) is 0 Å². The average molecular weight is 151 g/mol. The van der Waals surface area contributed by atoms with Gasteiger partial charge in [-0.3, -0.25) is 10.1 Å². The van der Waals surface area contributed by atoms with E-state index in [0.29, 0.717) is 18.1 Å². The van der Waals surface area contributed by atoms with Gasteiger partial charge in [0.25, 0.3) is 0 Å². The van der Waals surface area contributed by atoms with E-state index in [4.69, 9.17) is 0 Å². The third-order valence-corrected chi connectivity index (χ3v) is 1.50. The minimum Gasteiger partial charge on any atom is -0.340 e. The summed E-state index contributed by atoms with van der Waals surface area (Å²) in [5.41, 5.74) is 0.509. The number of carbonyl (C=O) groups excluding carboxylic acids is 1. The standard InChI is InChI=1S/C6H6N4O/c11-4-1-7-2-9-6-5(4)8-3-10-6/h2-3H,1H2,(H,7,9)(H,8,10)/p+1. The molecule has 0 bridgehead atoms. The molecule has 1 aliphatic rings. The third kappa shape index (κ3) is 0.947. The van der Waals surface area contributed by atoms with Crippen molar-refractivity contribution in [1.82, 2.24) is 9.97 Å². The summed E-state index contributed by atoms with van der Waals surface area (Å²) in [5, 5.41) is 1.72. The summed E-state index contributed by atoms with van der Waals surface area (Å²) in [4.78, 5) is 21.8. The monoisotopic (exact) mass is 151 g/mol. The number of nitrogens with two attached hydrogens (primary N) is 1. The Kier molecular flexibility index (Phi) is 1.29. The van der Waals surface area contributed by atoms with E-state index in [1.165, 1.54) is 6.33 Å². The van der Waals surface area contributed by atoms with Crippen LogP contribution in [0.4, 0.5) is 5.82 Å². The van der Waals surface area contributed by atoms with Crippen molar-refractivity contribution in [3.05, 3.63) is 12.0 Å². The predicted octanol–water partition coefficient (Wildman–Crippen LogP) is -1.17. The first-order chi connectivity index (χ1) is 5.38. The number of fused-ring (bicyclic) bond motifs is 1. The van der Waals surface area contributed by atoms with E-state index >= 15 is 0 Å². The van der Waals surface area contributed by atoms with Gasteiger partial charge < -0.3 is 4.98 Å². The number of carbonyl (C=O) groups is 1. The van der Waals surface area contributed by atoms with Gasteiger partial charge in [0.15, 0.2) is 12.2 Å². The highest BCUT2D eigenvalue weighted by atomic mass is 16.1. The summed E-state index contributed by atoms with van der Waals surface area (Å²) in [6.07, 6.45) is 3.08. The molecule has 1 aromatic rings. The summed E-state index contributed by atoms with van der Waals surface area (Å²) >= 11 is 0. The van der Waals surface area contributed by atoms with Gasteiger partial charge in [0.05, 0.1) is 6.33 Å². The summed E-state index contributed by atoms with van der Waals surface area (Å²) < 4.78 is 0. The number of aromatic amines is 1. The van der Waals surface area contributed by atoms with Gasteiger partial charge in [-0.2, -0.15) is 4.99 Å². The van der Waals surface area contributed by atoms with Crippen LogP contribution in [0.3, 0.4) is 0 Å². The molecule has 0 saturated heterocycles. The van der Waals surface area contributed by atoms with Crippen LogP contribution in [-0.2, 0) is 0 Å². The third-order valence-electron chi connectivity index (χ3n) is 1.50. The number of H-pyrrole nitrogens is 1. The van der Waals surface area contributed by atoms with Crippen molar-refractivity contribution >= 4 is 17.9 Å². The Bertz CT molecular complexity index is 314. The summed E-state index contributed by atoms with van der Waals surface area (Å²) in [7, 11) is 0. The lowest BCUT2D eigenvalue weighted by atomic mass is 10.3. The smallest absolute Gasteiger partial charge is 0.237 e. The van der Waals surface area contributed by atoms with Crippen molar-refractivity contribution in [2.45, 2.75) is 0 Å². The zero-order valence-corrected chi connectivity index (χ0v) is 5.74. The SMILES string of the molecule is O=C1C[NH2+]C=Nc2nc[nH]c21. The highest BCUT2D eigenvalue weighted by Gasteiger charge is 2.17. The van der Waals surface area contributed by atoms with Crippen LogP contribution >= 0.6 is 0 Å². The number of Topliss-reactive ketones (excluding diaryl/α,β-unsaturated/α-hetero) is 1. The van der Waals surface area contributed by atoms with E-state index < -0.39 is 0 Å². The number of ketones is 1. The highest BCUT2D eigenvalue weighted by Crippen LogP contribution is 2.12. The van der Waals surface area contributed by atoms with E-state index in [1.807, 2.05) is 0 Å². The normalized spacial score (nSPS) is 16.2. The van der Waals surface area contributed by atoms with E-state index in [2.05, 4.69) is 15.0 Å². The maximum atomic E-state index is 11.2. The lowest BCUT2D eigenvalue weighted by molar-refractivity contribution is -0.515. The van der Waals surface area contributed by atoms with Gasteiger partial charge in [-0.15, -0.1) is 0 Å². The molecular formula is C6H7N4O+. The number of nitrogens with one attached hydrogen (secondary N) is 1. The zero-order valence-electron chi connectivity index (χ0n) is 5.74. The second kappa shape index (κ2) is 2.28. The molecule has 5 nitrogen and oxygen atoms in total. The van der Waals surface area contributed by atoms with E-state index in [0.717, 1.165) is 0 Å². The number of hydrogen-bond donors (Lipinski definition) is 2. The molecule has 0 aliphatic carbocycles. The Labute approximate surface area is 62.6 Å². The predicted molar refractivity (Wildman–Crippen MR) is 37.9 cm³/mol. The number of quaternary nitrogens is 1. The molecule has 0 fully saturated rings. The number of aromatic nitrogens is 2. The molecule has 0 spiro atoms. The van der Waals surface area contributed by atoms with Crippen LogP contribution in [0, 0.1) is 0 Å². The van der Waals surface area contributed by atoms with Gasteiger partial charge in [0, 0.05) is 0 Å². The molecule has 2 heterocycles. The molecule has 0 saturated carbocycles. The first-order valence-electron chi connectivity index (χ1n) is 3.30. The van der Waals surface area contributed by atoms with Crippen molar-refractivity contribution in [3.63, 3.8) is 0 Å². The first kappa shape index (κ1) is 6.23. The van der Waals surface area contributed by atoms with Crippen LogP contribution in [0.2, 0.25) is 0 Å². The molecule has 0 amide bonds. The lowest BCUT2D eigenvalue weighted by Gasteiger charge is -1.88. The van der Waals surface area contributed by atoms with Gasteiger partial charge in [0.1, 0.15) is 12.2 Å². The van der Waals surface area contributed by atoms with Crippen molar-refractivity contribution < 1.29 is 10.1 Å². The number of imidazole rings is 1. The first-order valence-corrected chi connectivity index (χ1v) is 3.30. The fraction of sp³-hybridized carbons (Fsp3) is 0.167. The van der Waals surface area contributed by atoms with Crippen LogP contribution in [0.5, 0.6) is 0 Å². The maximum Gasteiger partial charge on any atom is 0.237 e. The van der Waals surface area contributed by atoms with E-state index in [1.54, 1.807) is 11.7 Å². The van der Waals surface area contributed by atoms with Gasteiger partial charge in [0.2, 0.25) is 5.78 Å². The molecule has 5 heteroatoms. The van der Waals surface area contributed by atoms with Crippen LogP contribution < -0.4 is 5.32 Å². The lowest BCUT2D eigenvalue weighted by Crippen LogP contribution is -2.84. The number of hydrogen-bond acceptors (Lipinski definition) is 3. The second-order valence-electron chi connectivity index (χ2n) is 2.24. The fourth-order valence-electron chi connectivity index (χ4n) is 0.975. The van der Waals surface area contributed by atoms with Crippen molar-refractivity contribution in [2.75, 3.05) is 6.54 Å². The molecule has 1 aliphatic heterocycles. The molecule has 0 radical (unpaired) electrons. The quantitative estimate of drug-likeness (QED) is 0.490. The Balaban J connectivity index is 2.53. The van der Waals surface area contributed by atoms with Gasteiger partial charge >= 0.3 is 0 Å². The number of nitrogens with zero attached hydrogens (tertiary/aromatic N) is 2. The topological polar surface area (TPSA) is 74.7 Å². The number of aliphatic imine (C=N–C) groups is 1. The molecular weight excluding hydrogens is 144 g/mol. The summed E-state index contributed by atoms with van der Waals surface area (Å²) in [6, 6.07) is 0. The van der Waals surface area contributed by atoms with Crippen LogP contribution in [0.1, 0.15) is 10.5 Å². The Morgan fingerprint density at radius 2 is 2.55 bits per heavy atom. The highest BCUT2D eigenvalue weighted by molar-refractivity contribution is 5.99. The molecule has 56 valence electrons. The number of rotatable bonds is 0. The Hall–Kier alpha value is -1.49. The molecule has 0 unspecified atom stereocenters. The largest absolute Gasteiger partial charge is 0.340 e. The minimum atomic E-state index is 0.0370. The van der Waals surface area contributed by atoms with Crippen molar-refractivity contribution in [1.29, 1.82) is 0 Å². The Morgan fingerprint density at radius 1 is 1.64 bits per heavy atom. The van der Waals surface area contributed by atoms with E-state index in [9.17, 15) is 4.79 Å². The maximum absolute atomic E-state index is 11.2. The zero-order chi connectivity index (χ0) is 7.68.